The first-order valence-corrected chi connectivity index (χ1v) is 5.48. The molecule has 0 aliphatic heterocycles. The molecule has 3 heteroatoms. The van der Waals surface area contributed by atoms with Gasteiger partial charge in [0.05, 0.1) is 17.1 Å². The van der Waals surface area contributed by atoms with Crippen LogP contribution < -0.4 is 5.32 Å². The maximum atomic E-state index is 4.16. The van der Waals surface area contributed by atoms with Gasteiger partial charge in [0.1, 0.15) is 0 Å². The summed E-state index contributed by atoms with van der Waals surface area (Å²) in [6, 6.07) is 8.41. The van der Waals surface area contributed by atoms with Crippen LogP contribution in [0.5, 0.6) is 0 Å². The number of H-pyrrole nitrogens is 1. The molecule has 16 heavy (non-hydrogen) atoms. The van der Waals surface area contributed by atoms with Gasteiger partial charge in [-0.2, -0.15) is 5.10 Å². The van der Waals surface area contributed by atoms with Gasteiger partial charge in [0.2, 0.25) is 0 Å². The van der Waals surface area contributed by atoms with Crippen LogP contribution in [0.25, 0.3) is 0 Å². The Kier molecular flexibility index (Phi) is 2.95. The molecule has 2 aromatic rings. The van der Waals surface area contributed by atoms with E-state index in [0.717, 1.165) is 23.6 Å². The molecule has 0 spiro atoms. The molecular weight excluding hydrogens is 198 g/mol. The van der Waals surface area contributed by atoms with Crippen LogP contribution in [0.1, 0.15) is 22.5 Å². The van der Waals surface area contributed by atoms with Crippen LogP contribution in [0.4, 0.5) is 5.69 Å². The van der Waals surface area contributed by atoms with Crippen molar-refractivity contribution in [3.05, 3.63) is 46.8 Å². The van der Waals surface area contributed by atoms with Crippen LogP contribution in [-0.2, 0) is 6.54 Å². The highest BCUT2D eigenvalue weighted by molar-refractivity contribution is 5.51. The molecule has 84 valence electrons. The van der Waals surface area contributed by atoms with Gasteiger partial charge in [-0.15, -0.1) is 0 Å². The van der Waals surface area contributed by atoms with E-state index in [4.69, 9.17) is 0 Å². The van der Waals surface area contributed by atoms with Crippen molar-refractivity contribution < 1.29 is 0 Å². The van der Waals surface area contributed by atoms with Crippen LogP contribution in [-0.4, -0.2) is 10.2 Å². The van der Waals surface area contributed by atoms with Crippen LogP contribution >= 0.6 is 0 Å². The van der Waals surface area contributed by atoms with Gasteiger partial charge in [-0.1, -0.05) is 24.3 Å². The predicted molar refractivity (Wildman–Crippen MR) is 66.6 cm³/mol. The van der Waals surface area contributed by atoms with E-state index in [1.54, 1.807) is 0 Å². The molecule has 0 fully saturated rings. The molecule has 2 rings (SSSR count). The van der Waals surface area contributed by atoms with E-state index < -0.39 is 0 Å². The van der Waals surface area contributed by atoms with Crippen molar-refractivity contribution in [1.29, 1.82) is 0 Å². The largest absolute Gasteiger partial charge is 0.378 e. The van der Waals surface area contributed by atoms with E-state index in [0.29, 0.717) is 0 Å². The first-order valence-electron chi connectivity index (χ1n) is 5.48. The number of rotatable bonds is 3. The number of aromatic amines is 1. The lowest BCUT2D eigenvalue weighted by molar-refractivity contribution is 1.02. The van der Waals surface area contributed by atoms with E-state index in [2.05, 4.69) is 46.7 Å². The number of nitrogens with zero attached hydrogens (tertiary/aromatic N) is 1. The van der Waals surface area contributed by atoms with Gasteiger partial charge in [0.25, 0.3) is 0 Å². The Morgan fingerprint density at radius 1 is 1.19 bits per heavy atom. The molecule has 1 aromatic heterocycles. The second-order valence-corrected chi connectivity index (χ2v) is 4.09. The van der Waals surface area contributed by atoms with E-state index in [-0.39, 0.29) is 0 Å². The Morgan fingerprint density at radius 2 is 1.94 bits per heavy atom. The van der Waals surface area contributed by atoms with Crippen molar-refractivity contribution >= 4 is 5.69 Å². The molecule has 0 amide bonds. The number of hydrogen-bond donors (Lipinski definition) is 2. The van der Waals surface area contributed by atoms with Gasteiger partial charge in [0, 0.05) is 6.54 Å². The van der Waals surface area contributed by atoms with Gasteiger partial charge in [-0.3, -0.25) is 5.10 Å². The first kappa shape index (κ1) is 10.7. The molecule has 1 aromatic carbocycles. The molecule has 0 unspecified atom stereocenters. The van der Waals surface area contributed by atoms with E-state index >= 15 is 0 Å². The summed E-state index contributed by atoms with van der Waals surface area (Å²) in [6.45, 7) is 7.00. The fourth-order valence-electron chi connectivity index (χ4n) is 1.80. The number of benzene rings is 1. The zero-order valence-corrected chi connectivity index (χ0v) is 9.96. The normalized spacial score (nSPS) is 10.4. The van der Waals surface area contributed by atoms with Gasteiger partial charge < -0.3 is 5.32 Å². The fourth-order valence-corrected chi connectivity index (χ4v) is 1.80. The van der Waals surface area contributed by atoms with Crippen molar-refractivity contribution in [2.75, 3.05) is 5.32 Å². The molecule has 2 N–H and O–H groups in total. The van der Waals surface area contributed by atoms with Crippen molar-refractivity contribution in [3.8, 4) is 0 Å². The molecule has 0 atom stereocenters. The lowest BCUT2D eigenvalue weighted by Gasteiger charge is -2.08. The Morgan fingerprint density at radius 3 is 2.56 bits per heavy atom. The average molecular weight is 215 g/mol. The SMILES string of the molecule is Cc1ccccc1CNc1c(C)n[nH]c1C. The van der Waals surface area contributed by atoms with Crippen LogP contribution in [0, 0.1) is 20.8 Å². The second kappa shape index (κ2) is 4.39. The number of nitrogens with one attached hydrogen (secondary N) is 2. The van der Waals surface area contributed by atoms with Crippen molar-refractivity contribution in [2.45, 2.75) is 27.3 Å². The molecule has 0 aliphatic rings. The molecule has 1 heterocycles. The zero-order chi connectivity index (χ0) is 11.5. The summed E-state index contributed by atoms with van der Waals surface area (Å²) in [5.41, 5.74) is 5.86. The minimum Gasteiger partial charge on any atom is -0.378 e. The number of hydrogen-bond acceptors (Lipinski definition) is 2. The first-order chi connectivity index (χ1) is 7.68. The van der Waals surface area contributed by atoms with E-state index in [1.165, 1.54) is 11.1 Å². The summed E-state index contributed by atoms with van der Waals surface area (Å²) in [5.74, 6) is 0. The van der Waals surface area contributed by atoms with Crippen molar-refractivity contribution in [3.63, 3.8) is 0 Å². The molecule has 0 saturated heterocycles. The number of aryl methyl sites for hydroxylation is 3. The number of aromatic nitrogens is 2. The maximum Gasteiger partial charge on any atom is 0.0825 e. The second-order valence-electron chi connectivity index (χ2n) is 4.09. The van der Waals surface area contributed by atoms with Crippen LogP contribution in [0.15, 0.2) is 24.3 Å². The maximum absolute atomic E-state index is 4.16. The topological polar surface area (TPSA) is 40.7 Å². The van der Waals surface area contributed by atoms with Crippen LogP contribution in [0.3, 0.4) is 0 Å². The van der Waals surface area contributed by atoms with Crippen molar-refractivity contribution in [1.82, 2.24) is 10.2 Å². The average Bonchev–Trinajstić information content (AvgIpc) is 2.58. The molecular formula is C13H17N3. The molecule has 0 radical (unpaired) electrons. The number of anilines is 1. The van der Waals surface area contributed by atoms with Gasteiger partial charge in [0.15, 0.2) is 0 Å². The Bertz CT molecular complexity index is 466. The van der Waals surface area contributed by atoms with Gasteiger partial charge in [-0.05, 0) is 31.9 Å². The summed E-state index contributed by atoms with van der Waals surface area (Å²) in [4.78, 5) is 0. The molecule has 0 bridgehead atoms. The van der Waals surface area contributed by atoms with Crippen molar-refractivity contribution in [2.24, 2.45) is 0 Å². The zero-order valence-electron chi connectivity index (χ0n) is 9.96. The Hall–Kier alpha value is -1.77. The highest BCUT2D eigenvalue weighted by atomic mass is 15.1. The molecule has 3 nitrogen and oxygen atoms in total. The summed E-state index contributed by atoms with van der Waals surface area (Å²) >= 11 is 0. The summed E-state index contributed by atoms with van der Waals surface area (Å²) in [5, 5.41) is 10.6. The highest BCUT2D eigenvalue weighted by Gasteiger charge is 2.05. The third-order valence-electron chi connectivity index (χ3n) is 2.84. The lowest BCUT2D eigenvalue weighted by Crippen LogP contribution is -2.02. The minimum atomic E-state index is 0.841. The monoisotopic (exact) mass is 215 g/mol. The smallest absolute Gasteiger partial charge is 0.0825 e. The highest BCUT2D eigenvalue weighted by Crippen LogP contribution is 2.17. The standard InChI is InChI=1S/C13H17N3/c1-9-6-4-5-7-12(9)8-14-13-10(2)15-16-11(13)3/h4-7,14H,8H2,1-3H3,(H,15,16). The summed E-state index contributed by atoms with van der Waals surface area (Å²) in [7, 11) is 0. The Balaban J connectivity index is 2.11. The predicted octanol–water partition coefficient (Wildman–Crippen LogP) is 2.95. The summed E-state index contributed by atoms with van der Waals surface area (Å²) in [6.07, 6.45) is 0. The molecule has 0 saturated carbocycles. The summed E-state index contributed by atoms with van der Waals surface area (Å²) < 4.78 is 0. The minimum absolute atomic E-state index is 0.841. The Labute approximate surface area is 95.9 Å². The van der Waals surface area contributed by atoms with Gasteiger partial charge >= 0.3 is 0 Å². The fraction of sp³-hybridized carbons (Fsp3) is 0.308. The quantitative estimate of drug-likeness (QED) is 0.826. The molecule has 0 aliphatic carbocycles. The van der Waals surface area contributed by atoms with E-state index in [9.17, 15) is 0 Å². The van der Waals surface area contributed by atoms with E-state index in [1.807, 2.05) is 13.8 Å². The third-order valence-corrected chi connectivity index (χ3v) is 2.84. The van der Waals surface area contributed by atoms with Crippen LogP contribution in [0.2, 0.25) is 0 Å². The van der Waals surface area contributed by atoms with Gasteiger partial charge in [-0.25, -0.2) is 0 Å². The third kappa shape index (κ3) is 2.08. The lowest BCUT2D eigenvalue weighted by atomic mass is 10.1.